The van der Waals surface area contributed by atoms with Gasteiger partial charge in [0.15, 0.2) is 5.78 Å². The Morgan fingerprint density at radius 1 is 1.11 bits per heavy atom. The number of carbonyl (C=O) groups is 2. The summed E-state index contributed by atoms with van der Waals surface area (Å²) < 4.78 is 81.3. The van der Waals surface area contributed by atoms with Gasteiger partial charge in [-0.1, -0.05) is 6.07 Å². The summed E-state index contributed by atoms with van der Waals surface area (Å²) in [7, 11) is 0. The van der Waals surface area contributed by atoms with E-state index in [9.17, 15) is 35.9 Å². The van der Waals surface area contributed by atoms with Crippen LogP contribution >= 0.6 is 0 Å². The summed E-state index contributed by atoms with van der Waals surface area (Å²) >= 11 is 0. The van der Waals surface area contributed by atoms with Gasteiger partial charge in [-0.05, 0) is 44.2 Å². The van der Waals surface area contributed by atoms with Crippen molar-refractivity contribution >= 4 is 11.8 Å². The van der Waals surface area contributed by atoms with Crippen LogP contribution in [0.25, 0.3) is 0 Å². The van der Waals surface area contributed by atoms with Gasteiger partial charge in [-0.25, -0.2) is 0 Å². The normalized spacial score (nSPS) is 21.8. The molecule has 0 saturated heterocycles. The monoisotopic (exact) mass is 411 g/mol. The van der Waals surface area contributed by atoms with Crippen molar-refractivity contribution in [1.82, 2.24) is 4.98 Å². The first kappa shape index (κ1) is 22.2. The maximum Gasteiger partial charge on any atom is 0.433 e. The first-order valence-electron chi connectivity index (χ1n) is 8.75. The number of pyridine rings is 1. The van der Waals surface area contributed by atoms with Crippen LogP contribution in [0.3, 0.4) is 0 Å². The van der Waals surface area contributed by atoms with E-state index < -0.39 is 47.6 Å². The minimum Gasteiger partial charge on any atom is -0.465 e. The standard InChI is InChI=1S/C18H19F6NO3/c1-2-28-16(27)14(11-5-8-13(25-9-11)18(22,23)24)15(26)10-3-6-12(7-4-10)17(19,20)21/h5,8-10,12,14H,2-4,6-7H2,1H3. The third-order valence-corrected chi connectivity index (χ3v) is 4.81. The highest BCUT2D eigenvalue weighted by Gasteiger charge is 2.44. The molecule has 10 heteroatoms. The number of Topliss-reactive ketones (excluding diaryl/α,β-unsaturated/α-hetero) is 1. The number of rotatable bonds is 5. The van der Waals surface area contributed by atoms with Crippen molar-refractivity contribution in [2.24, 2.45) is 11.8 Å². The van der Waals surface area contributed by atoms with E-state index in [1.807, 2.05) is 0 Å². The third-order valence-electron chi connectivity index (χ3n) is 4.81. The van der Waals surface area contributed by atoms with E-state index in [4.69, 9.17) is 4.74 Å². The summed E-state index contributed by atoms with van der Waals surface area (Å²) in [5.74, 6) is -5.41. The number of esters is 1. The van der Waals surface area contributed by atoms with E-state index in [2.05, 4.69) is 4.98 Å². The zero-order valence-corrected chi connectivity index (χ0v) is 14.9. The number of halogens is 6. The summed E-state index contributed by atoms with van der Waals surface area (Å²) in [5, 5.41) is 0. The molecule has 28 heavy (non-hydrogen) atoms. The third kappa shape index (κ3) is 5.23. The molecule has 1 fully saturated rings. The lowest BCUT2D eigenvalue weighted by atomic mass is 9.76. The molecule has 1 saturated carbocycles. The minimum atomic E-state index is -4.68. The predicted molar refractivity (Wildman–Crippen MR) is 85.1 cm³/mol. The van der Waals surface area contributed by atoms with Gasteiger partial charge < -0.3 is 4.74 Å². The summed E-state index contributed by atoms with van der Waals surface area (Å²) in [6, 6.07) is 1.62. The van der Waals surface area contributed by atoms with Gasteiger partial charge in [-0.15, -0.1) is 0 Å². The molecule has 0 amide bonds. The SMILES string of the molecule is CCOC(=O)C(C(=O)C1CCC(C(F)(F)F)CC1)c1ccc(C(F)(F)F)nc1. The lowest BCUT2D eigenvalue weighted by Crippen LogP contribution is -2.35. The zero-order valence-electron chi connectivity index (χ0n) is 14.9. The number of alkyl halides is 6. The number of hydrogen-bond acceptors (Lipinski definition) is 4. The number of aromatic nitrogens is 1. The first-order chi connectivity index (χ1) is 12.9. The molecule has 1 heterocycles. The molecule has 1 aliphatic rings. The Kier molecular flexibility index (Phi) is 6.71. The van der Waals surface area contributed by atoms with E-state index in [0.29, 0.717) is 6.07 Å². The molecule has 0 aromatic carbocycles. The van der Waals surface area contributed by atoms with Crippen molar-refractivity contribution in [3.63, 3.8) is 0 Å². The minimum absolute atomic E-state index is 0.0486. The van der Waals surface area contributed by atoms with Gasteiger partial charge >= 0.3 is 18.3 Å². The van der Waals surface area contributed by atoms with E-state index in [-0.39, 0.29) is 37.9 Å². The van der Waals surface area contributed by atoms with Crippen LogP contribution in [0.4, 0.5) is 26.3 Å². The maximum atomic E-state index is 12.8. The lowest BCUT2D eigenvalue weighted by Gasteiger charge is -2.30. The van der Waals surface area contributed by atoms with Crippen LogP contribution < -0.4 is 0 Å². The lowest BCUT2D eigenvalue weighted by molar-refractivity contribution is -0.185. The Morgan fingerprint density at radius 2 is 1.71 bits per heavy atom. The molecule has 0 N–H and O–H groups in total. The van der Waals surface area contributed by atoms with Crippen LogP contribution in [0.5, 0.6) is 0 Å². The number of ketones is 1. The van der Waals surface area contributed by atoms with Crippen molar-refractivity contribution in [3.05, 3.63) is 29.6 Å². The second-order valence-corrected chi connectivity index (χ2v) is 6.65. The average Bonchev–Trinajstić information content (AvgIpc) is 2.61. The zero-order chi connectivity index (χ0) is 21.1. The fraction of sp³-hybridized carbons (Fsp3) is 0.611. The quantitative estimate of drug-likeness (QED) is 0.401. The Balaban J connectivity index is 2.22. The molecule has 0 bridgehead atoms. The van der Waals surface area contributed by atoms with Crippen LogP contribution in [-0.4, -0.2) is 29.5 Å². The molecule has 1 unspecified atom stereocenters. The molecule has 0 aliphatic heterocycles. The van der Waals surface area contributed by atoms with Gasteiger partial charge in [0.05, 0.1) is 12.5 Å². The second-order valence-electron chi connectivity index (χ2n) is 6.65. The Morgan fingerprint density at radius 3 is 2.14 bits per heavy atom. The Hall–Kier alpha value is -2.13. The fourth-order valence-electron chi connectivity index (χ4n) is 3.33. The summed E-state index contributed by atoms with van der Waals surface area (Å²) in [6.45, 7) is 1.44. The van der Waals surface area contributed by atoms with Gasteiger partial charge in [-0.3, -0.25) is 14.6 Å². The van der Waals surface area contributed by atoms with Crippen LogP contribution in [0.15, 0.2) is 18.3 Å². The summed E-state index contributed by atoms with van der Waals surface area (Å²) in [6.07, 6.45) is -8.81. The van der Waals surface area contributed by atoms with Crippen LogP contribution in [0, 0.1) is 11.8 Å². The number of nitrogens with zero attached hydrogens (tertiary/aromatic N) is 1. The second kappa shape index (κ2) is 8.48. The molecule has 1 atom stereocenters. The largest absolute Gasteiger partial charge is 0.465 e. The number of ether oxygens (including phenoxy) is 1. The molecule has 1 aromatic heterocycles. The van der Waals surface area contributed by atoms with Gasteiger partial charge in [0.2, 0.25) is 0 Å². The van der Waals surface area contributed by atoms with E-state index in [1.54, 1.807) is 0 Å². The number of carbonyl (C=O) groups excluding carboxylic acids is 2. The molecule has 2 rings (SSSR count). The van der Waals surface area contributed by atoms with Crippen molar-refractivity contribution in [1.29, 1.82) is 0 Å². The van der Waals surface area contributed by atoms with E-state index >= 15 is 0 Å². The van der Waals surface area contributed by atoms with Crippen LogP contribution in [0.2, 0.25) is 0 Å². The van der Waals surface area contributed by atoms with E-state index in [1.165, 1.54) is 6.92 Å². The highest BCUT2D eigenvalue weighted by molar-refractivity contribution is 6.05. The van der Waals surface area contributed by atoms with Crippen LogP contribution in [-0.2, 0) is 20.5 Å². The summed E-state index contributed by atoms with van der Waals surface area (Å²) in [4.78, 5) is 28.3. The predicted octanol–water partition coefficient (Wildman–Crippen LogP) is 4.68. The maximum absolute atomic E-state index is 12.8. The molecular formula is C18H19F6NO3. The topological polar surface area (TPSA) is 56.3 Å². The first-order valence-corrected chi connectivity index (χ1v) is 8.75. The van der Waals surface area contributed by atoms with E-state index in [0.717, 1.165) is 12.3 Å². The molecule has 1 aliphatic carbocycles. The van der Waals surface area contributed by atoms with Gasteiger partial charge in [0, 0.05) is 12.1 Å². The highest BCUT2D eigenvalue weighted by Crippen LogP contribution is 2.41. The molecule has 0 radical (unpaired) electrons. The van der Waals surface area contributed by atoms with Gasteiger partial charge in [0.1, 0.15) is 11.6 Å². The molecule has 0 spiro atoms. The fourth-order valence-corrected chi connectivity index (χ4v) is 3.33. The Labute approximate surface area is 157 Å². The van der Waals surface area contributed by atoms with Crippen molar-refractivity contribution in [2.75, 3.05) is 6.61 Å². The highest BCUT2D eigenvalue weighted by atomic mass is 19.4. The van der Waals surface area contributed by atoms with Gasteiger partial charge in [-0.2, -0.15) is 26.3 Å². The van der Waals surface area contributed by atoms with Gasteiger partial charge in [0.25, 0.3) is 0 Å². The molecule has 1 aromatic rings. The molecular weight excluding hydrogens is 392 g/mol. The van der Waals surface area contributed by atoms with Crippen molar-refractivity contribution in [3.8, 4) is 0 Å². The van der Waals surface area contributed by atoms with Crippen LogP contribution in [0.1, 0.15) is 49.8 Å². The number of hydrogen-bond donors (Lipinski definition) is 0. The summed E-state index contributed by atoms with van der Waals surface area (Å²) in [5.41, 5.74) is -1.26. The molecule has 156 valence electrons. The average molecular weight is 411 g/mol. The molecule has 4 nitrogen and oxygen atoms in total. The Bertz CT molecular complexity index is 691. The van der Waals surface area contributed by atoms with Crippen molar-refractivity contribution in [2.45, 2.75) is 50.9 Å². The smallest absolute Gasteiger partial charge is 0.433 e. The van der Waals surface area contributed by atoms with Crippen molar-refractivity contribution < 1.29 is 40.7 Å².